The Hall–Kier alpha value is -2.34. The van der Waals surface area contributed by atoms with Crippen molar-refractivity contribution < 1.29 is 14.3 Å². The van der Waals surface area contributed by atoms with E-state index in [0.717, 1.165) is 30.6 Å². The van der Waals surface area contributed by atoms with E-state index in [1.165, 1.54) is 10.4 Å². The predicted molar refractivity (Wildman–Crippen MR) is 121 cm³/mol. The summed E-state index contributed by atoms with van der Waals surface area (Å²) in [6, 6.07) is 9.95. The van der Waals surface area contributed by atoms with Crippen molar-refractivity contribution in [1.82, 2.24) is 9.80 Å². The molecular weight excluding hydrogens is 396 g/mol. The van der Waals surface area contributed by atoms with Gasteiger partial charge in [0.25, 0.3) is 0 Å². The third-order valence-corrected chi connectivity index (χ3v) is 6.63. The second-order valence-corrected chi connectivity index (χ2v) is 9.08. The predicted octanol–water partition coefficient (Wildman–Crippen LogP) is 4.52. The van der Waals surface area contributed by atoms with Crippen molar-refractivity contribution in [2.45, 2.75) is 46.1 Å². The maximum Gasteiger partial charge on any atom is 0.242 e. The number of methoxy groups -OCH3 is 1. The third-order valence-electron chi connectivity index (χ3n) is 5.63. The van der Waals surface area contributed by atoms with Gasteiger partial charge in [0, 0.05) is 23.9 Å². The Morgan fingerprint density at radius 2 is 1.97 bits per heavy atom. The number of benzene rings is 1. The van der Waals surface area contributed by atoms with Crippen LogP contribution in [0.3, 0.4) is 0 Å². The molecule has 1 aliphatic heterocycles. The molecule has 2 heterocycles. The zero-order chi connectivity index (χ0) is 21.7. The molecule has 0 saturated carbocycles. The molecule has 0 aliphatic carbocycles. The zero-order valence-electron chi connectivity index (χ0n) is 18.4. The number of carbonyl (C=O) groups is 2. The van der Waals surface area contributed by atoms with Crippen molar-refractivity contribution >= 4 is 23.2 Å². The van der Waals surface area contributed by atoms with Crippen LogP contribution in [-0.4, -0.2) is 48.4 Å². The molecule has 1 atom stereocenters. The molecule has 162 valence electrons. The van der Waals surface area contributed by atoms with Gasteiger partial charge in [-0.3, -0.25) is 9.59 Å². The molecule has 0 saturated heterocycles. The fourth-order valence-corrected chi connectivity index (χ4v) is 4.87. The lowest BCUT2D eigenvalue weighted by atomic mass is 9.93. The molecule has 0 unspecified atom stereocenters. The number of fused-ring (bicyclic) bond motifs is 1. The summed E-state index contributed by atoms with van der Waals surface area (Å²) < 4.78 is 5.30. The van der Waals surface area contributed by atoms with Crippen LogP contribution in [0.5, 0.6) is 5.75 Å². The number of amides is 2. The fourth-order valence-electron chi connectivity index (χ4n) is 3.97. The molecule has 2 amide bonds. The Morgan fingerprint density at radius 1 is 1.23 bits per heavy atom. The lowest BCUT2D eigenvalue weighted by molar-refractivity contribution is -0.143. The number of rotatable bonds is 8. The van der Waals surface area contributed by atoms with Gasteiger partial charge >= 0.3 is 0 Å². The van der Waals surface area contributed by atoms with Gasteiger partial charge in [-0.2, -0.15) is 0 Å². The first-order chi connectivity index (χ1) is 14.5. The van der Waals surface area contributed by atoms with Gasteiger partial charge in [0.1, 0.15) is 5.75 Å². The topological polar surface area (TPSA) is 49.9 Å². The average Bonchev–Trinajstić information content (AvgIpc) is 3.24. The third kappa shape index (κ3) is 4.86. The van der Waals surface area contributed by atoms with E-state index in [1.807, 2.05) is 43.0 Å². The van der Waals surface area contributed by atoms with E-state index >= 15 is 0 Å². The number of hydrogen-bond acceptors (Lipinski definition) is 4. The molecule has 1 aliphatic rings. The lowest BCUT2D eigenvalue weighted by Gasteiger charge is -2.38. The number of nitrogens with zero attached hydrogens (tertiary/aromatic N) is 2. The van der Waals surface area contributed by atoms with Crippen molar-refractivity contribution in [2.75, 3.05) is 26.7 Å². The molecule has 0 spiro atoms. The van der Waals surface area contributed by atoms with Crippen LogP contribution in [0.4, 0.5) is 0 Å². The van der Waals surface area contributed by atoms with Gasteiger partial charge in [-0.05, 0) is 47.5 Å². The van der Waals surface area contributed by atoms with E-state index in [1.54, 1.807) is 23.3 Å². The van der Waals surface area contributed by atoms with E-state index < -0.39 is 0 Å². The van der Waals surface area contributed by atoms with Crippen molar-refractivity contribution in [3.05, 3.63) is 51.7 Å². The Labute approximate surface area is 183 Å². The molecule has 0 bridgehead atoms. The molecule has 0 radical (unpaired) electrons. The monoisotopic (exact) mass is 428 g/mol. The lowest BCUT2D eigenvalue weighted by Crippen LogP contribution is -2.47. The molecule has 30 heavy (non-hydrogen) atoms. The molecule has 6 heteroatoms. The van der Waals surface area contributed by atoms with Crippen LogP contribution in [0.1, 0.15) is 55.7 Å². The van der Waals surface area contributed by atoms with Crippen molar-refractivity contribution in [2.24, 2.45) is 5.92 Å². The summed E-state index contributed by atoms with van der Waals surface area (Å²) in [5.41, 5.74) is 2.26. The Balaban J connectivity index is 1.87. The molecule has 1 aromatic carbocycles. The highest BCUT2D eigenvalue weighted by Gasteiger charge is 2.34. The van der Waals surface area contributed by atoms with Gasteiger partial charge in [0.05, 0.1) is 19.7 Å². The van der Waals surface area contributed by atoms with Crippen molar-refractivity contribution in [3.63, 3.8) is 0 Å². The minimum absolute atomic E-state index is 0.0118. The van der Waals surface area contributed by atoms with Crippen LogP contribution in [0.25, 0.3) is 0 Å². The van der Waals surface area contributed by atoms with E-state index in [4.69, 9.17) is 4.74 Å². The quantitative estimate of drug-likeness (QED) is 0.621. The number of unbranched alkanes of at least 4 members (excludes halogenated alkanes) is 1. The van der Waals surface area contributed by atoms with Crippen LogP contribution >= 0.6 is 11.3 Å². The number of thiophene rings is 1. The van der Waals surface area contributed by atoms with Crippen LogP contribution in [0.15, 0.2) is 35.7 Å². The average molecular weight is 429 g/mol. The van der Waals surface area contributed by atoms with Crippen molar-refractivity contribution in [1.29, 1.82) is 0 Å². The normalized spacial score (nSPS) is 15.8. The van der Waals surface area contributed by atoms with E-state index in [9.17, 15) is 9.59 Å². The minimum Gasteiger partial charge on any atom is -0.497 e. The summed E-state index contributed by atoms with van der Waals surface area (Å²) >= 11 is 1.75. The van der Waals surface area contributed by atoms with Gasteiger partial charge in [-0.15, -0.1) is 11.3 Å². The number of hydrogen-bond donors (Lipinski definition) is 0. The summed E-state index contributed by atoms with van der Waals surface area (Å²) in [6.07, 6.45) is 2.76. The summed E-state index contributed by atoms with van der Waals surface area (Å²) in [5.74, 6) is 0.743. The van der Waals surface area contributed by atoms with Gasteiger partial charge in [0.2, 0.25) is 11.8 Å². The van der Waals surface area contributed by atoms with Gasteiger partial charge in [-0.25, -0.2) is 0 Å². The highest BCUT2D eigenvalue weighted by atomic mass is 32.1. The Kier molecular flexibility index (Phi) is 7.53. The highest BCUT2D eigenvalue weighted by Crippen LogP contribution is 2.38. The minimum atomic E-state index is -0.124. The molecule has 1 aromatic heterocycles. The summed E-state index contributed by atoms with van der Waals surface area (Å²) in [5, 5.41) is 2.10. The first kappa shape index (κ1) is 22.3. The molecular formula is C24H32N2O3S. The second-order valence-electron chi connectivity index (χ2n) is 8.08. The molecule has 5 nitrogen and oxygen atoms in total. The first-order valence-corrected chi connectivity index (χ1v) is 11.6. The highest BCUT2D eigenvalue weighted by molar-refractivity contribution is 7.10. The molecule has 0 fully saturated rings. The first-order valence-electron chi connectivity index (χ1n) is 10.7. The van der Waals surface area contributed by atoms with Crippen LogP contribution < -0.4 is 4.74 Å². The van der Waals surface area contributed by atoms with E-state index in [-0.39, 0.29) is 30.3 Å². The van der Waals surface area contributed by atoms with Crippen molar-refractivity contribution in [3.8, 4) is 5.75 Å². The zero-order valence-corrected chi connectivity index (χ0v) is 19.2. The van der Waals surface area contributed by atoms with Crippen LogP contribution in [0, 0.1) is 5.92 Å². The maximum atomic E-state index is 13.4. The smallest absolute Gasteiger partial charge is 0.242 e. The van der Waals surface area contributed by atoms with Gasteiger partial charge < -0.3 is 14.5 Å². The Morgan fingerprint density at radius 3 is 2.60 bits per heavy atom. The van der Waals surface area contributed by atoms with Crippen LogP contribution in [0.2, 0.25) is 0 Å². The van der Waals surface area contributed by atoms with E-state index in [0.29, 0.717) is 13.1 Å². The summed E-state index contributed by atoms with van der Waals surface area (Å²) in [7, 11) is 1.65. The largest absolute Gasteiger partial charge is 0.497 e. The fraction of sp³-hybridized carbons (Fsp3) is 0.500. The van der Waals surface area contributed by atoms with E-state index in [2.05, 4.69) is 18.4 Å². The molecule has 2 aromatic rings. The standard InChI is InChI=1S/C24H32N2O3S/c1-5-6-13-25(24(28)17(2)3)16-22(27)26-14-11-21-20(12-15-30-21)23(26)18-7-9-19(29-4)10-8-18/h7-10,12,15,17,23H,5-6,11,13-14,16H2,1-4H3/t23-/m1/s1. The van der Waals surface area contributed by atoms with Crippen LogP contribution in [-0.2, 0) is 16.0 Å². The molecule has 0 N–H and O–H groups in total. The second kappa shape index (κ2) is 10.1. The summed E-state index contributed by atoms with van der Waals surface area (Å²) in [4.78, 5) is 31.2. The van der Waals surface area contributed by atoms with Gasteiger partial charge in [-0.1, -0.05) is 39.3 Å². The number of carbonyl (C=O) groups excluding carboxylic acids is 2. The maximum absolute atomic E-state index is 13.4. The molecule has 3 rings (SSSR count). The summed E-state index contributed by atoms with van der Waals surface area (Å²) in [6.45, 7) is 7.32. The Bertz CT molecular complexity index is 860. The number of ether oxygens (including phenoxy) is 1. The SMILES string of the molecule is CCCCN(CC(=O)N1CCc2sccc2[C@H]1c1ccc(OC)cc1)C(=O)C(C)C. The van der Waals surface area contributed by atoms with Gasteiger partial charge in [0.15, 0.2) is 0 Å².